The highest BCUT2D eigenvalue weighted by atomic mass is 32.2. The molecular weight excluding hydrogens is 224 g/mol. The van der Waals surface area contributed by atoms with Crippen molar-refractivity contribution >= 4 is 16.8 Å². The monoisotopic (exact) mass is 242 g/mol. The van der Waals surface area contributed by atoms with Crippen molar-refractivity contribution in [3.63, 3.8) is 0 Å². The maximum Gasteiger partial charge on any atom is 0.318 e. The van der Waals surface area contributed by atoms with Gasteiger partial charge in [-0.3, -0.25) is 4.21 Å². The van der Waals surface area contributed by atoms with Gasteiger partial charge in [0, 0.05) is 40.4 Å². The molecule has 16 heavy (non-hydrogen) atoms. The molecule has 2 aliphatic heterocycles. The molecule has 0 radical (unpaired) electrons. The number of urea groups is 1. The molecule has 1 N–H and O–H groups in total. The number of amides is 2. The van der Waals surface area contributed by atoms with E-state index >= 15 is 0 Å². The van der Waals surface area contributed by atoms with Gasteiger partial charge in [0.2, 0.25) is 0 Å². The maximum absolute atomic E-state index is 12.0. The van der Waals surface area contributed by atoms with Gasteiger partial charge >= 0.3 is 6.03 Å². The first-order valence-electron chi connectivity index (χ1n) is 6.13. The van der Waals surface area contributed by atoms with Gasteiger partial charge < -0.3 is 10.2 Å². The molecule has 0 bridgehead atoms. The third-order valence-electron chi connectivity index (χ3n) is 4.31. The van der Waals surface area contributed by atoms with E-state index in [1.54, 1.807) is 0 Å². The molecule has 2 unspecified atom stereocenters. The predicted octanol–water partition coefficient (Wildman–Crippen LogP) is 0.845. The Morgan fingerprint density at radius 1 is 1.38 bits per heavy atom. The van der Waals surface area contributed by atoms with Gasteiger partial charge in [0.05, 0.1) is 0 Å². The Balaban J connectivity index is 1.55. The summed E-state index contributed by atoms with van der Waals surface area (Å²) in [6.45, 7) is 0.904. The van der Waals surface area contributed by atoms with E-state index in [0.717, 1.165) is 18.7 Å². The van der Waals surface area contributed by atoms with E-state index in [0.29, 0.717) is 5.75 Å². The third kappa shape index (κ3) is 1.56. The number of hydrogen-bond acceptors (Lipinski definition) is 2. The summed E-state index contributed by atoms with van der Waals surface area (Å²) in [6, 6.07) is 0.223. The van der Waals surface area contributed by atoms with E-state index in [9.17, 15) is 9.00 Å². The van der Waals surface area contributed by atoms with E-state index in [1.165, 1.54) is 25.7 Å². The van der Waals surface area contributed by atoms with Crippen molar-refractivity contribution in [1.29, 1.82) is 0 Å². The largest absolute Gasteiger partial charge is 0.334 e. The average molecular weight is 242 g/mol. The van der Waals surface area contributed by atoms with Crippen molar-refractivity contribution < 1.29 is 9.00 Å². The minimum absolute atomic E-state index is 0.0786. The molecule has 3 aliphatic rings. The highest BCUT2D eigenvalue weighted by Crippen LogP contribution is 2.46. The van der Waals surface area contributed by atoms with Crippen molar-refractivity contribution in [2.24, 2.45) is 0 Å². The van der Waals surface area contributed by atoms with Crippen molar-refractivity contribution in [2.45, 2.75) is 43.7 Å². The second-order valence-electron chi connectivity index (χ2n) is 5.23. The maximum atomic E-state index is 12.0. The van der Waals surface area contributed by atoms with E-state index in [1.807, 2.05) is 4.90 Å². The smallest absolute Gasteiger partial charge is 0.318 e. The molecule has 3 fully saturated rings. The van der Waals surface area contributed by atoms with Crippen LogP contribution in [0.5, 0.6) is 0 Å². The lowest BCUT2D eigenvalue weighted by atomic mass is 9.68. The molecule has 3 rings (SSSR count). The Kier molecular flexibility index (Phi) is 2.46. The van der Waals surface area contributed by atoms with Crippen LogP contribution in [0.4, 0.5) is 4.79 Å². The topological polar surface area (TPSA) is 49.4 Å². The molecule has 4 nitrogen and oxygen atoms in total. The summed E-state index contributed by atoms with van der Waals surface area (Å²) >= 11 is 0. The zero-order valence-corrected chi connectivity index (χ0v) is 10.2. The lowest BCUT2D eigenvalue weighted by Crippen LogP contribution is -2.68. The lowest BCUT2D eigenvalue weighted by Gasteiger charge is -2.58. The molecule has 2 amide bonds. The second-order valence-corrected chi connectivity index (χ2v) is 6.85. The van der Waals surface area contributed by atoms with Gasteiger partial charge in [-0.1, -0.05) is 0 Å². The SMILES string of the molecule is O=C(NC1CCS(=O)C1)N1CCC12CCC2. The third-order valence-corrected chi connectivity index (χ3v) is 5.78. The van der Waals surface area contributed by atoms with Gasteiger partial charge in [-0.05, 0) is 32.1 Å². The molecule has 5 heteroatoms. The van der Waals surface area contributed by atoms with Crippen LogP contribution in [-0.2, 0) is 10.8 Å². The van der Waals surface area contributed by atoms with Crippen LogP contribution in [0.1, 0.15) is 32.1 Å². The first-order chi connectivity index (χ1) is 7.70. The summed E-state index contributed by atoms with van der Waals surface area (Å²) in [7, 11) is -0.707. The Morgan fingerprint density at radius 3 is 2.62 bits per heavy atom. The molecule has 0 aromatic carbocycles. The summed E-state index contributed by atoms with van der Waals surface area (Å²) in [5.41, 5.74) is 0.224. The predicted molar refractivity (Wildman–Crippen MR) is 62.7 cm³/mol. The average Bonchev–Trinajstić information content (AvgIpc) is 2.46. The van der Waals surface area contributed by atoms with Gasteiger partial charge in [-0.25, -0.2) is 4.79 Å². The summed E-state index contributed by atoms with van der Waals surface area (Å²) in [5.74, 6) is 1.39. The number of rotatable bonds is 1. The van der Waals surface area contributed by atoms with E-state index in [4.69, 9.17) is 0 Å². The lowest BCUT2D eigenvalue weighted by molar-refractivity contribution is -0.0369. The van der Waals surface area contributed by atoms with Gasteiger partial charge in [0.1, 0.15) is 0 Å². The Labute approximate surface area is 98.2 Å². The highest BCUT2D eigenvalue weighted by molar-refractivity contribution is 7.85. The molecule has 0 aromatic heterocycles. The normalized spacial score (nSPS) is 35.6. The molecule has 2 atom stereocenters. The van der Waals surface area contributed by atoms with Crippen LogP contribution in [0.25, 0.3) is 0 Å². The second kappa shape index (κ2) is 3.72. The summed E-state index contributed by atoms with van der Waals surface area (Å²) in [6.07, 6.45) is 5.67. The fourth-order valence-electron chi connectivity index (χ4n) is 2.99. The van der Waals surface area contributed by atoms with E-state index in [-0.39, 0.29) is 17.6 Å². The molecule has 90 valence electrons. The molecule has 1 aliphatic carbocycles. The molecule has 1 spiro atoms. The van der Waals surface area contributed by atoms with Crippen LogP contribution in [-0.4, -0.2) is 44.8 Å². The van der Waals surface area contributed by atoms with Crippen molar-refractivity contribution in [3.8, 4) is 0 Å². The summed E-state index contributed by atoms with van der Waals surface area (Å²) in [4.78, 5) is 14.0. The quantitative estimate of drug-likeness (QED) is 0.741. The van der Waals surface area contributed by atoms with Crippen LogP contribution in [0, 0.1) is 0 Å². The fourth-order valence-corrected chi connectivity index (χ4v) is 4.41. The van der Waals surface area contributed by atoms with Crippen LogP contribution in [0.3, 0.4) is 0 Å². The van der Waals surface area contributed by atoms with E-state index in [2.05, 4.69) is 5.32 Å². The molecule has 0 aromatic rings. The van der Waals surface area contributed by atoms with Crippen molar-refractivity contribution in [3.05, 3.63) is 0 Å². The Bertz CT molecular complexity index is 335. The molecule has 2 heterocycles. The van der Waals surface area contributed by atoms with Gasteiger partial charge in [0.15, 0.2) is 0 Å². The standard InChI is InChI=1S/C11H18N2O2S/c14-10(12-9-2-7-16(15)8-9)13-6-5-11(13)3-1-4-11/h9H,1-8H2,(H,12,14). The number of likely N-dealkylation sites (tertiary alicyclic amines) is 1. The van der Waals surface area contributed by atoms with E-state index < -0.39 is 10.8 Å². The minimum Gasteiger partial charge on any atom is -0.334 e. The first kappa shape index (κ1) is 10.6. The van der Waals surface area contributed by atoms with Crippen LogP contribution < -0.4 is 5.32 Å². The summed E-state index contributed by atoms with van der Waals surface area (Å²) < 4.78 is 11.2. The van der Waals surface area contributed by atoms with Crippen molar-refractivity contribution in [2.75, 3.05) is 18.1 Å². The first-order valence-corrected chi connectivity index (χ1v) is 7.62. The summed E-state index contributed by atoms with van der Waals surface area (Å²) in [5, 5.41) is 3.03. The number of carbonyl (C=O) groups excluding carboxylic acids is 1. The van der Waals surface area contributed by atoms with Crippen LogP contribution in [0.2, 0.25) is 0 Å². The van der Waals surface area contributed by atoms with Crippen molar-refractivity contribution in [1.82, 2.24) is 10.2 Å². The number of carbonyl (C=O) groups is 1. The van der Waals surface area contributed by atoms with Gasteiger partial charge in [0.25, 0.3) is 0 Å². The Morgan fingerprint density at radius 2 is 2.19 bits per heavy atom. The van der Waals surface area contributed by atoms with Gasteiger partial charge in [-0.2, -0.15) is 0 Å². The molecule has 2 saturated heterocycles. The fraction of sp³-hybridized carbons (Fsp3) is 0.909. The number of hydrogen-bond donors (Lipinski definition) is 1. The zero-order valence-electron chi connectivity index (χ0n) is 9.41. The zero-order chi connectivity index (χ0) is 11.2. The van der Waals surface area contributed by atoms with Crippen LogP contribution in [0.15, 0.2) is 0 Å². The molecule has 1 saturated carbocycles. The highest BCUT2D eigenvalue weighted by Gasteiger charge is 2.51. The van der Waals surface area contributed by atoms with Gasteiger partial charge in [-0.15, -0.1) is 0 Å². The number of nitrogens with zero attached hydrogens (tertiary/aromatic N) is 1. The number of nitrogens with one attached hydrogen (secondary N) is 1. The molecular formula is C11H18N2O2S. The Hall–Kier alpha value is -0.580. The van der Waals surface area contributed by atoms with Crippen LogP contribution >= 0.6 is 0 Å². The minimum atomic E-state index is -0.707.